The summed E-state index contributed by atoms with van der Waals surface area (Å²) in [6, 6.07) is 3.32. The number of halogens is 6. The van der Waals surface area contributed by atoms with Gasteiger partial charge < -0.3 is 9.67 Å². The maximum absolute atomic E-state index is 14.7. The molecule has 4 rings (SSSR count). The first kappa shape index (κ1) is 22.6. The Bertz CT molecular complexity index is 1400. The topological polar surface area (TPSA) is 84.5 Å². The van der Waals surface area contributed by atoms with Crippen LogP contribution in [0.1, 0.15) is 45.8 Å². The van der Waals surface area contributed by atoms with Crippen LogP contribution in [-0.4, -0.2) is 26.3 Å². The van der Waals surface area contributed by atoms with Gasteiger partial charge >= 0.3 is 12.1 Å². The van der Waals surface area contributed by atoms with Crippen molar-refractivity contribution in [2.45, 2.75) is 19.1 Å². The third-order valence-electron chi connectivity index (χ3n) is 5.00. The van der Waals surface area contributed by atoms with Gasteiger partial charge in [0.05, 0.1) is 27.5 Å². The third-order valence-corrected chi connectivity index (χ3v) is 5.39. The molecule has 1 aliphatic rings. The minimum atomic E-state index is -4.92. The second-order valence-corrected chi connectivity index (χ2v) is 7.44. The van der Waals surface area contributed by atoms with Crippen molar-refractivity contribution in [3.8, 4) is 5.69 Å². The normalized spacial score (nSPS) is 15.4. The van der Waals surface area contributed by atoms with Crippen LogP contribution in [0.2, 0.25) is 5.02 Å². The number of hydrogen-bond acceptors (Lipinski definition) is 4. The van der Waals surface area contributed by atoms with Crippen LogP contribution in [-0.2, 0) is 6.18 Å². The maximum atomic E-state index is 14.7. The van der Waals surface area contributed by atoms with E-state index in [2.05, 4.69) is 9.98 Å². The Morgan fingerprint density at radius 1 is 1.12 bits per heavy atom. The lowest BCUT2D eigenvalue weighted by molar-refractivity contribution is -0.137. The monoisotopic (exact) mass is 483 g/mol. The number of carbonyl (C=O) groups is 1. The number of rotatable bonds is 2. The summed E-state index contributed by atoms with van der Waals surface area (Å²) in [5.74, 6) is -4.01. The van der Waals surface area contributed by atoms with Crippen LogP contribution in [0.25, 0.3) is 5.69 Å². The summed E-state index contributed by atoms with van der Waals surface area (Å²) in [6.45, 7) is 1.38. The molecule has 2 heterocycles. The Balaban J connectivity index is 2.19. The molecule has 33 heavy (non-hydrogen) atoms. The first-order valence-corrected chi connectivity index (χ1v) is 9.59. The van der Waals surface area contributed by atoms with E-state index in [4.69, 9.17) is 11.6 Å². The quantitative estimate of drug-likeness (QED) is 0.531. The smallest absolute Gasteiger partial charge is 0.417 e. The van der Waals surface area contributed by atoms with Crippen LogP contribution in [0.15, 0.2) is 46.3 Å². The molecule has 0 spiro atoms. The number of carboxylic acids is 1. The van der Waals surface area contributed by atoms with Gasteiger partial charge in [-0.05, 0) is 31.2 Å². The van der Waals surface area contributed by atoms with Gasteiger partial charge in [0.25, 0.3) is 5.56 Å². The van der Waals surface area contributed by atoms with Gasteiger partial charge in [-0.3, -0.25) is 9.79 Å². The van der Waals surface area contributed by atoms with Crippen molar-refractivity contribution >= 4 is 23.3 Å². The predicted octanol–water partition coefficient (Wildman–Crippen LogP) is 4.79. The molecule has 1 atom stereocenters. The van der Waals surface area contributed by atoms with E-state index in [9.17, 15) is 36.6 Å². The third kappa shape index (κ3) is 3.67. The molecule has 0 aliphatic carbocycles. The first-order chi connectivity index (χ1) is 15.4. The first-order valence-electron chi connectivity index (χ1n) is 9.21. The zero-order valence-electron chi connectivity index (χ0n) is 16.4. The summed E-state index contributed by atoms with van der Waals surface area (Å²) in [4.78, 5) is 31.5. The molecule has 0 amide bonds. The lowest BCUT2D eigenvalue weighted by Crippen LogP contribution is -2.24. The minimum absolute atomic E-state index is 0.158. The van der Waals surface area contributed by atoms with Crippen LogP contribution >= 0.6 is 11.6 Å². The van der Waals surface area contributed by atoms with Crippen LogP contribution in [0.3, 0.4) is 0 Å². The molecule has 1 aromatic heterocycles. The zero-order valence-corrected chi connectivity index (χ0v) is 17.2. The number of carboxylic acid groups (broad SMARTS) is 1. The lowest BCUT2D eigenvalue weighted by atomic mass is 9.97. The van der Waals surface area contributed by atoms with E-state index in [0.717, 1.165) is 35.0 Å². The van der Waals surface area contributed by atoms with Gasteiger partial charge in [0, 0.05) is 11.8 Å². The highest BCUT2D eigenvalue weighted by Gasteiger charge is 2.38. The highest BCUT2D eigenvalue weighted by Crippen LogP contribution is 2.41. The number of aliphatic imine (C=N–C) groups is 1. The van der Waals surface area contributed by atoms with Gasteiger partial charge in [-0.1, -0.05) is 17.7 Å². The fraction of sp³-hybridized carbons (Fsp3) is 0.143. The van der Waals surface area contributed by atoms with E-state index in [1.54, 1.807) is 0 Å². The summed E-state index contributed by atoms with van der Waals surface area (Å²) in [5, 5.41) is 8.40. The lowest BCUT2D eigenvalue weighted by Gasteiger charge is -2.19. The molecule has 170 valence electrons. The van der Waals surface area contributed by atoms with E-state index >= 15 is 0 Å². The Kier molecular flexibility index (Phi) is 5.32. The molecule has 0 saturated carbocycles. The molecule has 0 fully saturated rings. The van der Waals surface area contributed by atoms with E-state index in [0.29, 0.717) is 6.07 Å². The standard InChI is InChI=1S/C21H11ClF5N3O3/c1-8-18-29-19(31)9(20(32)33)7-30(18)13-6-5-10(21(25,26)27)16(22)15(13)17(28-8)14-11(23)3-2-4-12(14)24/h2-8H,1H3,(H,32,33). The number of nitrogens with zero attached hydrogens (tertiary/aromatic N) is 3. The van der Waals surface area contributed by atoms with Crippen molar-refractivity contribution in [1.29, 1.82) is 0 Å². The summed E-state index contributed by atoms with van der Waals surface area (Å²) in [5.41, 5.74) is -5.15. The van der Waals surface area contributed by atoms with Gasteiger partial charge in [0.15, 0.2) is 0 Å². The summed E-state index contributed by atoms with van der Waals surface area (Å²) in [6.07, 6.45) is -4.05. The van der Waals surface area contributed by atoms with Crippen LogP contribution in [0.5, 0.6) is 0 Å². The Labute approximate surface area is 186 Å². The Hall–Kier alpha value is -3.60. The predicted molar refractivity (Wildman–Crippen MR) is 107 cm³/mol. The van der Waals surface area contributed by atoms with Crippen molar-refractivity contribution in [2.24, 2.45) is 4.99 Å². The average molecular weight is 484 g/mol. The van der Waals surface area contributed by atoms with E-state index in [1.165, 1.54) is 6.92 Å². The van der Waals surface area contributed by atoms with Crippen molar-refractivity contribution < 1.29 is 31.9 Å². The molecule has 6 nitrogen and oxygen atoms in total. The zero-order chi connectivity index (χ0) is 24.2. The van der Waals surface area contributed by atoms with Crippen molar-refractivity contribution in [3.63, 3.8) is 0 Å². The van der Waals surface area contributed by atoms with Gasteiger partial charge in [0.2, 0.25) is 0 Å². The Morgan fingerprint density at radius 2 is 1.76 bits per heavy atom. The minimum Gasteiger partial charge on any atom is -0.477 e. The van der Waals surface area contributed by atoms with E-state index in [1.807, 2.05) is 0 Å². The molecule has 12 heteroatoms. The van der Waals surface area contributed by atoms with Crippen molar-refractivity contribution in [2.75, 3.05) is 0 Å². The van der Waals surface area contributed by atoms with Gasteiger partial charge in [-0.25, -0.2) is 13.6 Å². The van der Waals surface area contributed by atoms with Gasteiger partial charge in [-0.2, -0.15) is 18.2 Å². The van der Waals surface area contributed by atoms with E-state index < -0.39 is 68.4 Å². The molecule has 1 N–H and O–H groups in total. The van der Waals surface area contributed by atoms with E-state index in [-0.39, 0.29) is 11.5 Å². The second kappa shape index (κ2) is 7.77. The van der Waals surface area contributed by atoms with Gasteiger partial charge in [0.1, 0.15) is 29.1 Å². The second-order valence-electron chi connectivity index (χ2n) is 7.06. The number of benzene rings is 2. The molecular weight excluding hydrogens is 473 g/mol. The molecule has 0 radical (unpaired) electrons. The Morgan fingerprint density at radius 3 is 2.33 bits per heavy atom. The fourth-order valence-corrected chi connectivity index (χ4v) is 3.90. The van der Waals surface area contributed by atoms with Crippen molar-refractivity contribution in [3.05, 3.63) is 91.6 Å². The number of aromatic nitrogens is 2. The number of hydrogen-bond donors (Lipinski definition) is 1. The highest BCUT2D eigenvalue weighted by molar-refractivity contribution is 6.37. The fourth-order valence-electron chi connectivity index (χ4n) is 3.54. The molecule has 2 aromatic carbocycles. The average Bonchev–Trinajstić information content (AvgIpc) is 2.82. The van der Waals surface area contributed by atoms with Crippen molar-refractivity contribution in [1.82, 2.24) is 9.55 Å². The summed E-state index contributed by atoms with van der Waals surface area (Å²) >= 11 is 6.12. The number of fused-ring (bicyclic) bond motifs is 3. The van der Waals surface area contributed by atoms with Crippen LogP contribution < -0.4 is 5.56 Å². The van der Waals surface area contributed by atoms with Crippen LogP contribution in [0.4, 0.5) is 22.0 Å². The van der Waals surface area contributed by atoms with Gasteiger partial charge in [-0.15, -0.1) is 0 Å². The SMILES string of the molecule is CC1N=C(c2c(F)cccc2F)c2c(ccc(C(F)(F)F)c2Cl)-n2cc(C(=O)O)c(=O)nc21. The molecular formula is C21H11ClF5N3O3. The highest BCUT2D eigenvalue weighted by atomic mass is 35.5. The van der Waals surface area contributed by atoms with Crippen LogP contribution in [0, 0.1) is 11.6 Å². The maximum Gasteiger partial charge on any atom is 0.417 e. The molecule has 0 saturated heterocycles. The summed E-state index contributed by atoms with van der Waals surface area (Å²) in [7, 11) is 0. The summed E-state index contributed by atoms with van der Waals surface area (Å²) < 4.78 is 71.2. The molecule has 1 unspecified atom stereocenters. The largest absolute Gasteiger partial charge is 0.477 e. The molecule has 1 aliphatic heterocycles. The number of alkyl halides is 3. The number of aromatic carboxylic acids is 1. The molecule has 0 bridgehead atoms. The molecule has 3 aromatic rings.